The lowest BCUT2D eigenvalue weighted by Gasteiger charge is -2.24. The van der Waals surface area contributed by atoms with Crippen LogP contribution in [0.25, 0.3) is 5.70 Å². The Morgan fingerprint density at radius 2 is 1.65 bits per heavy atom. The fraction of sp³-hybridized carbons (Fsp3) is 0.0833. The number of anilines is 2. The Kier molecular flexibility index (Phi) is 6.65. The Balaban J connectivity index is 0.00000274. The van der Waals surface area contributed by atoms with Gasteiger partial charge in [-0.1, -0.05) is 71.8 Å². The van der Waals surface area contributed by atoms with Crippen LogP contribution in [0.1, 0.15) is 22.7 Å². The first-order chi connectivity index (χ1) is 15.9. The third kappa shape index (κ3) is 4.79. The third-order valence-electron chi connectivity index (χ3n) is 5.32. The normalized spacial score (nSPS) is 14.9. The van der Waals surface area contributed by atoms with Crippen LogP contribution in [0.5, 0.6) is 0 Å². The quantitative estimate of drug-likeness (QED) is 0.366. The molecule has 1 atom stereocenters. The summed E-state index contributed by atoms with van der Waals surface area (Å²) >= 11 is 6.08. The van der Waals surface area contributed by atoms with E-state index in [0.29, 0.717) is 11.0 Å². The van der Waals surface area contributed by atoms with Crippen molar-refractivity contribution in [3.63, 3.8) is 0 Å². The van der Waals surface area contributed by atoms with Crippen molar-refractivity contribution in [2.75, 3.05) is 10.0 Å². The van der Waals surface area contributed by atoms with Crippen LogP contribution in [0.2, 0.25) is 5.02 Å². The van der Waals surface area contributed by atoms with E-state index in [4.69, 9.17) is 11.6 Å². The van der Waals surface area contributed by atoms with Gasteiger partial charge in [-0.15, -0.1) is 17.5 Å². The number of aryl methyl sites for hydroxylation is 1. The second kappa shape index (κ2) is 9.50. The molecule has 2 heterocycles. The van der Waals surface area contributed by atoms with E-state index in [9.17, 15) is 8.42 Å². The molecule has 0 bridgehead atoms. The summed E-state index contributed by atoms with van der Waals surface area (Å²) in [4.78, 5) is 4.58. The fourth-order valence-electron chi connectivity index (χ4n) is 3.62. The van der Waals surface area contributed by atoms with Crippen LogP contribution in [0.3, 0.4) is 0 Å². The summed E-state index contributed by atoms with van der Waals surface area (Å²) in [5, 5.41) is 8.36. The number of sulfonamides is 1. The van der Waals surface area contributed by atoms with Crippen molar-refractivity contribution in [3.8, 4) is 0 Å². The SMILES string of the molecule is Cc1ccc(S(=O)(=O)Nc2nc3n(n2)C(c2ccc(Cl)cc2)C=C(c2ccccc2)N3)cc1.Cl. The minimum Gasteiger partial charge on any atom is -0.324 e. The zero-order valence-electron chi connectivity index (χ0n) is 18.0. The highest BCUT2D eigenvalue weighted by atomic mass is 35.5. The van der Waals surface area contributed by atoms with Gasteiger partial charge in [-0.3, -0.25) is 0 Å². The molecule has 0 saturated heterocycles. The zero-order valence-corrected chi connectivity index (χ0v) is 20.4. The van der Waals surface area contributed by atoms with E-state index in [1.54, 1.807) is 28.9 Å². The number of nitrogens with zero attached hydrogens (tertiary/aromatic N) is 3. The van der Waals surface area contributed by atoms with Gasteiger partial charge in [0.05, 0.1) is 4.90 Å². The number of fused-ring (bicyclic) bond motifs is 1. The number of aromatic nitrogens is 3. The van der Waals surface area contributed by atoms with Crippen LogP contribution in [0.4, 0.5) is 11.9 Å². The molecule has 1 aliphatic rings. The molecule has 10 heteroatoms. The molecule has 0 aliphatic carbocycles. The lowest BCUT2D eigenvalue weighted by molar-refractivity contribution is 0.598. The lowest BCUT2D eigenvalue weighted by Crippen LogP contribution is -2.20. The van der Waals surface area contributed by atoms with Crippen LogP contribution in [-0.4, -0.2) is 23.2 Å². The summed E-state index contributed by atoms with van der Waals surface area (Å²) in [5.41, 5.74) is 3.74. The van der Waals surface area contributed by atoms with Gasteiger partial charge >= 0.3 is 0 Å². The van der Waals surface area contributed by atoms with Gasteiger partial charge in [0, 0.05) is 10.7 Å². The molecular weight excluding hydrogens is 493 g/mol. The molecule has 0 spiro atoms. The Morgan fingerprint density at radius 1 is 0.971 bits per heavy atom. The minimum absolute atomic E-state index is 0. The molecule has 4 aromatic rings. The van der Waals surface area contributed by atoms with Gasteiger partial charge in [-0.25, -0.2) is 17.8 Å². The molecule has 1 aliphatic heterocycles. The number of rotatable bonds is 5. The van der Waals surface area contributed by atoms with E-state index in [1.165, 1.54) is 0 Å². The van der Waals surface area contributed by atoms with Crippen molar-refractivity contribution in [2.24, 2.45) is 0 Å². The molecule has 7 nitrogen and oxygen atoms in total. The van der Waals surface area contributed by atoms with E-state index < -0.39 is 10.0 Å². The number of benzene rings is 3. The molecule has 174 valence electrons. The van der Waals surface area contributed by atoms with Crippen LogP contribution in [0, 0.1) is 6.92 Å². The van der Waals surface area contributed by atoms with Crippen molar-refractivity contribution in [1.82, 2.24) is 14.8 Å². The van der Waals surface area contributed by atoms with Crippen LogP contribution in [-0.2, 0) is 10.0 Å². The molecule has 34 heavy (non-hydrogen) atoms. The average Bonchev–Trinajstić information content (AvgIpc) is 3.21. The highest BCUT2D eigenvalue weighted by molar-refractivity contribution is 7.92. The number of halogens is 2. The molecule has 1 unspecified atom stereocenters. The summed E-state index contributed by atoms with van der Waals surface area (Å²) in [5.74, 6) is 0.414. The largest absolute Gasteiger partial charge is 0.324 e. The maximum atomic E-state index is 12.9. The second-order valence-corrected chi connectivity index (χ2v) is 9.81. The molecule has 0 saturated carbocycles. The van der Waals surface area contributed by atoms with Gasteiger partial charge in [0.2, 0.25) is 5.95 Å². The van der Waals surface area contributed by atoms with Crippen molar-refractivity contribution < 1.29 is 8.42 Å². The maximum absolute atomic E-state index is 12.9. The van der Waals surface area contributed by atoms with E-state index in [1.807, 2.05) is 67.6 Å². The van der Waals surface area contributed by atoms with Crippen LogP contribution >= 0.6 is 24.0 Å². The average molecular weight is 514 g/mol. The predicted molar refractivity (Wildman–Crippen MR) is 137 cm³/mol. The molecular formula is C24H21Cl2N5O2S. The molecule has 5 rings (SSSR count). The van der Waals surface area contributed by atoms with E-state index in [0.717, 1.165) is 22.4 Å². The molecule has 0 fully saturated rings. The zero-order chi connectivity index (χ0) is 23.0. The van der Waals surface area contributed by atoms with Crippen molar-refractivity contribution in [2.45, 2.75) is 17.9 Å². The summed E-state index contributed by atoms with van der Waals surface area (Å²) in [6.45, 7) is 1.90. The van der Waals surface area contributed by atoms with E-state index >= 15 is 0 Å². The number of allylic oxidation sites excluding steroid dienone is 1. The Hall–Kier alpha value is -3.33. The summed E-state index contributed by atoms with van der Waals surface area (Å²) in [6, 6.07) is 23.6. The molecule has 1 aromatic heterocycles. The van der Waals surface area contributed by atoms with Gasteiger partial charge < -0.3 is 5.32 Å². The van der Waals surface area contributed by atoms with Gasteiger partial charge in [0.15, 0.2) is 0 Å². The van der Waals surface area contributed by atoms with E-state index in [2.05, 4.69) is 20.1 Å². The van der Waals surface area contributed by atoms with Gasteiger partial charge in [0.25, 0.3) is 16.0 Å². The maximum Gasteiger partial charge on any atom is 0.264 e. The summed E-state index contributed by atoms with van der Waals surface area (Å²) in [6.07, 6.45) is 2.03. The van der Waals surface area contributed by atoms with Gasteiger partial charge in [0.1, 0.15) is 6.04 Å². The smallest absolute Gasteiger partial charge is 0.264 e. The Labute approximate surface area is 209 Å². The lowest BCUT2D eigenvalue weighted by atomic mass is 10.0. The number of nitrogens with one attached hydrogen (secondary N) is 2. The summed E-state index contributed by atoms with van der Waals surface area (Å²) < 4.78 is 29.9. The van der Waals surface area contributed by atoms with Crippen LogP contribution < -0.4 is 10.0 Å². The number of hydrogen-bond acceptors (Lipinski definition) is 5. The van der Waals surface area contributed by atoms with Crippen LogP contribution in [0.15, 0.2) is 89.8 Å². The number of hydrogen-bond donors (Lipinski definition) is 2. The van der Waals surface area contributed by atoms with Crippen molar-refractivity contribution in [1.29, 1.82) is 0 Å². The van der Waals surface area contributed by atoms with Crippen molar-refractivity contribution >= 4 is 51.6 Å². The Morgan fingerprint density at radius 3 is 2.32 bits per heavy atom. The first-order valence-electron chi connectivity index (χ1n) is 10.2. The standard InChI is InChI=1S/C24H20ClN5O2S.ClH/c1-16-7-13-20(14-8-16)33(31,32)29-23-27-24-26-21(17-5-3-2-4-6-17)15-22(30(24)28-23)18-9-11-19(25)12-10-18;/h2-15,22H,1H3,(H2,26,27,28,29);1H. The molecule has 3 aromatic carbocycles. The van der Waals surface area contributed by atoms with Crippen molar-refractivity contribution in [3.05, 3.63) is 107 Å². The fourth-order valence-corrected chi connectivity index (χ4v) is 4.68. The Bertz CT molecular complexity index is 1440. The molecule has 0 amide bonds. The van der Waals surface area contributed by atoms with E-state index in [-0.39, 0.29) is 29.3 Å². The molecule has 0 radical (unpaired) electrons. The monoisotopic (exact) mass is 513 g/mol. The first kappa shape index (κ1) is 23.8. The second-order valence-electron chi connectivity index (χ2n) is 7.69. The highest BCUT2D eigenvalue weighted by Gasteiger charge is 2.27. The van der Waals surface area contributed by atoms with Gasteiger partial charge in [-0.05, 0) is 48.4 Å². The third-order valence-corrected chi connectivity index (χ3v) is 6.92. The highest BCUT2D eigenvalue weighted by Crippen LogP contribution is 2.33. The topological polar surface area (TPSA) is 88.9 Å². The summed E-state index contributed by atoms with van der Waals surface area (Å²) in [7, 11) is -3.83. The van der Waals surface area contributed by atoms with Gasteiger partial charge in [-0.2, -0.15) is 4.98 Å². The minimum atomic E-state index is -3.83. The predicted octanol–water partition coefficient (Wildman–Crippen LogP) is 5.52. The molecule has 2 N–H and O–H groups in total. The first-order valence-corrected chi connectivity index (χ1v) is 12.1.